The maximum absolute atomic E-state index is 12.3. The fourth-order valence-electron chi connectivity index (χ4n) is 0.987. The van der Waals surface area contributed by atoms with Crippen molar-refractivity contribution in [2.75, 3.05) is 11.9 Å². The molecule has 90 valence electrons. The van der Waals surface area contributed by atoms with Gasteiger partial charge in [-0.1, -0.05) is 13.8 Å². The Morgan fingerprint density at radius 2 is 2.12 bits per heavy atom. The van der Waals surface area contributed by atoms with Gasteiger partial charge in [0.15, 0.2) is 5.69 Å². The van der Waals surface area contributed by atoms with E-state index in [0.717, 1.165) is 0 Å². The summed E-state index contributed by atoms with van der Waals surface area (Å²) in [4.78, 5) is 16.4. The maximum atomic E-state index is 12.3. The lowest BCUT2D eigenvalue weighted by Gasteiger charge is -2.10. The zero-order valence-corrected chi connectivity index (χ0v) is 8.85. The fraction of sp³-hybridized carbons (Fsp3) is 0.556. The first-order chi connectivity index (χ1) is 7.29. The largest absolute Gasteiger partial charge is 0.433 e. The second-order valence-electron chi connectivity index (χ2n) is 3.75. The topological polar surface area (TPSA) is 57.8 Å². The molecule has 0 amide bonds. The molecule has 1 heterocycles. The molecule has 0 aromatic carbocycles. The van der Waals surface area contributed by atoms with Crippen LogP contribution in [-0.2, 0) is 6.18 Å². The molecule has 7 heteroatoms. The van der Waals surface area contributed by atoms with Gasteiger partial charge in [0.25, 0.3) is 5.56 Å². The number of hydrogen-bond acceptors (Lipinski definition) is 3. The van der Waals surface area contributed by atoms with Gasteiger partial charge in [-0.15, -0.1) is 0 Å². The zero-order valence-electron chi connectivity index (χ0n) is 8.85. The molecule has 1 rings (SSSR count). The number of alkyl halides is 3. The number of hydrogen-bond donors (Lipinski definition) is 2. The van der Waals surface area contributed by atoms with Crippen LogP contribution in [-0.4, -0.2) is 16.5 Å². The van der Waals surface area contributed by atoms with Crippen molar-refractivity contribution in [3.8, 4) is 0 Å². The normalized spacial score (nSPS) is 11.9. The number of H-pyrrole nitrogens is 1. The molecule has 4 nitrogen and oxygen atoms in total. The van der Waals surface area contributed by atoms with E-state index in [4.69, 9.17) is 0 Å². The van der Waals surface area contributed by atoms with Crippen LogP contribution in [0.1, 0.15) is 19.5 Å². The Labute approximate surface area is 89.9 Å². The van der Waals surface area contributed by atoms with Crippen LogP contribution in [0.15, 0.2) is 10.9 Å². The summed E-state index contributed by atoms with van der Waals surface area (Å²) in [5.41, 5.74) is -2.02. The Hall–Kier alpha value is -1.53. The lowest BCUT2D eigenvalue weighted by Crippen LogP contribution is -2.20. The molecule has 0 unspecified atom stereocenters. The first kappa shape index (κ1) is 12.5. The molecule has 0 aliphatic carbocycles. The standard InChI is InChI=1S/C9H12F3N3O/c1-5(2)4-13-8-14-6(9(10,11)12)3-7(16)15-8/h3,5H,4H2,1-2H3,(H2,13,14,15,16). The van der Waals surface area contributed by atoms with Crippen LogP contribution < -0.4 is 10.9 Å². The number of nitrogens with one attached hydrogen (secondary N) is 2. The van der Waals surface area contributed by atoms with Crippen molar-refractivity contribution in [1.82, 2.24) is 9.97 Å². The average Bonchev–Trinajstić information content (AvgIpc) is 2.12. The maximum Gasteiger partial charge on any atom is 0.433 e. The van der Waals surface area contributed by atoms with E-state index in [1.165, 1.54) is 0 Å². The highest BCUT2D eigenvalue weighted by molar-refractivity contribution is 5.25. The molecule has 0 atom stereocenters. The van der Waals surface area contributed by atoms with Gasteiger partial charge in [-0.2, -0.15) is 13.2 Å². The summed E-state index contributed by atoms with van der Waals surface area (Å²) < 4.78 is 36.9. The quantitative estimate of drug-likeness (QED) is 0.840. The van der Waals surface area contributed by atoms with Crippen LogP contribution in [0.5, 0.6) is 0 Å². The number of halogens is 3. The predicted octanol–water partition coefficient (Wildman–Crippen LogP) is 1.86. The molecule has 0 spiro atoms. The molecule has 2 N–H and O–H groups in total. The van der Waals surface area contributed by atoms with E-state index in [9.17, 15) is 18.0 Å². The number of rotatable bonds is 3. The highest BCUT2D eigenvalue weighted by Gasteiger charge is 2.33. The second-order valence-corrected chi connectivity index (χ2v) is 3.75. The van der Waals surface area contributed by atoms with Gasteiger partial charge in [0.05, 0.1) is 0 Å². The third-order valence-electron chi connectivity index (χ3n) is 1.71. The molecule has 1 aromatic rings. The van der Waals surface area contributed by atoms with Crippen LogP contribution in [0.2, 0.25) is 0 Å². The number of nitrogens with zero attached hydrogens (tertiary/aromatic N) is 1. The van der Waals surface area contributed by atoms with Gasteiger partial charge >= 0.3 is 6.18 Å². The van der Waals surface area contributed by atoms with Crippen molar-refractivity contribution in [2.24, 2.45) is 5.92 Å². The molecule has 1 aromatic heterocycles. The third-order valence-corrected chi connectivity index (χ3v) is 1.71. The van der Waals surface area contributed by atoms with Crippen LogP contribution in [0, 0.1) is 5.92 Å². The molecular formula is C9H12F3N3O. The summed E-state index contributed by atoms with van der Waals surface area (Å²) in [5, 5.41) is 2.63. The van der Waals surface area contributed by atoms with Crippen LogP contribution in [0.3, 0.4) is 0 Å². The minimum Gasteiger partial charge on any atom is -0.355 e. The minimum absolute atomic E-state index is 0.159. The van der Waals surface area contributed by atoms with Gasteiger partial charge in [0, 0.05) is 12.6 Å². The van der Waals surface area contributed by atoms with E-state index in [0.29, 0.717) is 12.6 Å². The predicted molar refractivity (Wildman–Crippen MR) is 53.2 cm³/mol. The summed E-state index contributed by atoms with van der Waals surface area (Å²) in [5.74, 6) is 0.0772. The molecule has 0 fully saturated rings. The lowest BCUT2D eigenvalue weighted by molar-refractivity contribution is -0.141. The monoisotopic (exact) mass is 235 g/mol. The Morgan fingerprint density at radius 3 is 2.62 bits per heavy atom. The van der Waals surface area contributed by atoms with Crippen LogP contribution in [0.4, 0.5) is 19.1 Å². The Bertz CT molecular complexity index is 411. The average molecular weight is 235 g/mol. The van der Waals surface area contributed by atoms with Gasteiger partial charge in [-0.25, -0.2) is 4.98 Å². The van der Waals surface area contributed by atoms with E-state index in [2.05, 4.69) is 15.3 Å². The first-order valence-electron chi connectivity index (χ1n) is 4.71. The van der Waals surface area contributed by atoms with Crippen molar-refractivity contribution in [2.45, 2.75) is 20.0 Å². The smallest absolute Gasteiger partial charge is 0.355 e. The molecule has 0 saturated carbocycles. The molecule has 16 heavy (non-hydrogen) atoms. The van der Waals surface area contributed by atoms with Gasteiger partial charge in [0.2, 0.25) is 5.95 Å². The minimum atomic E-state index is -4.61. The summed E-state index contributed by atoms with van der Waals surface area (Å²) in [7, 11) is 0. The number of aromatic nitrogens is 2. The molecule has 0 saturated heterocycles. The first-order valence-corrected chi connectivity index (χ1v) is 4.71. The number of aromatic amines is 1. The summed E-state index contributed by atoms with van der Waals surface area (Å²) in [6.45, 7) is 4.21. The van der Waals surface area contributed by atoms with Crippen LogP contribution >= 0.6 is 0 Å². The highest BCUT2D eigenvalue weighted by atomic mass is 19.4. The van der Waals surface area contributed by atoms with E-state index in [1.54, 1.807) is 0 Å². The molecule has 0 bridgehead atoms. The zero-order chi connectivity index (χ0) is 12.3. The second kappa shape index (κ2) is 4.54. The van der Waals surface area contributed by atoms with E-state index < -0.39 is 17.4 Å². The molecule has 0 aliphatic rings. The van der Waals surface area contributed by atoms with Crippen molar-refractivity contribution in [3.05, 3.63) is 22.1 Å². The Balaban J connectivity index is 2.95. The van der Waals surface area contributed by atoms with Crippen molar-refractivity contribution >= 4 is 5.95 Å². The van der Waals surface area contributed by atoms with Crippen LogP contribution in [0.25, 0.3) is 0 Å². The van der Waals surface area contributed by atoms with Gasteiger partial charge in [-0.05, 0) is 5.92 Å². The van der Waals surface area contributed by atoms with Gasteiger partial charge in [0.1, 0.15) is 0 Å². The number of anilines is 1. The molecular weight excluding hydrogens is 223 g/mol. The highest BCUT2D eigenvalue weighted by Crippen LogP contribution is 2.26. The Kier molecular flexibility index (Phi) is 3.56. The Morgan fingerprint density at radius 1 is 1.50 bits per heavy atom. The summed E-state index contributed by atoms with van der Waals surface area (Å²) in [6.07, 6.45) is -4.61. The summed E-state index contributed by atoms with van der Waals surface area (Å²) >= 11 is 0. The van der Waals surface area contributed by atoms with E-state index in [-0.39, 0.29) is 11.9 Å². The fourth-order valence-corrected chi connectivity index (χ4v) is 0.987. The summed E-state index contributed by atoms with van der Waals surface area (Å²) in [6, 6.07) is 0.431. The SMILES string of the molecule is CC(C)CNc1nc(C(F)(F)F)cc(=O)[nH]1. The van der Waals surface area contributed by atoms with Crippen molar-refractivity contribution < 1.29 is 13.2 Å². The van der Waals surface area contributed by atoms with Gasteiger partial charge in [-0.3, -0.25) is 9.78 Å². The third kappa shape index (κ3) is 3.56. The van der Waals surface area contributed by atoms with Crippen molar-refractivity contribution in [3.63, 3.8) is 0 Å². The molecule has 0 radical (unpaired) electrons. The molecule has 0 aliphatic heterocycles. The van der Waals surface area contributed by atoms with E-state index >= 15 is 0 Å². The lowest BCUT2D eigenvalue weighted by atomic mass is 10.2. The van der Waals surface area contributed by atoms with E-state index in [1.807, 2.05) is 13.8 Å². The van der Waals surface area contributed by atoms with Crippen molar-refractivity contribution in [1.29, 1.82) is 0 Å². The van der Waals surface area contributed by atoms with Gasteiger partial charge < -0.3 is 5.32 Å².